The normalized spacial score (nSPS) is 10.2. The van der Waals surface area contributed by atoms with Gasteiger partial charge >= 0.3 is 0 Å². The summed E-state index contributed by atoms with van der Waals surface area (Å²) >= 11 is 0. The van der Waals surface area contributed by atoms with Crippen LogP contribution >= 0.6 is 0 Å². The lowest BCUT2D eigenvalue weighted by atomic mass is 10.1. The quantitative estimate of drug-likeness (QED) is 0.796. The van der Waals surface area contributed by atoms with Crippen molar-refractivity contribution in [1.82, 2.24) is 4.98 Å². The van der Waals surface area contributed by atoms with E-state index in [1.807, 2.05) is 25.1 Å². The summed E-state index contributed by atoms with van der Waals surface area (Å²) in [6.07, 6.45) is 1.43. The summed E-state index contributed by atoms with van der Waals surface area (Å²) in [6.45, 7) is 1.87. The third-order valence-corrected chi connectivity index (χ3v) is 2.40. The molecule has 0 fully saturated rings. The van der Waals surface area contributed by atoms with Gasteiger partial charge in [0, 0.05) is 5.56 Å². The first-order valence-corrected chi connectivity index (χ1v) is 4.88. The van der Waals surface area contributed by atoms with Gasteiger partial charge in [0.25, 0.3) is 0 Å². The summed E-state index contributed by atoms with van der Waals surface area (Å²) in [6, 6.07) is 5.65. The summed E-state index contributed by atoms with van der Waals surface area (Å²) < 4.78 is 15.6. The molecule has 2 rings (SSSR count). The predicted molar refractivity (Wildman–Crippen MR) is 59.8 cm³/mol. The Balaban J connectivity index is 2.48. The minimum Gasteiger partial charge on any atom is -0.493 e. The second-order valence-corrected chi connectivity index (χ2v) is 3.33. The highest BCUT2D eigenvalue weighted by Crippen LogP contribution is 2.32. The maximum Gasteiger partial charge on any atom is 0.181 e. The SMILES string of the molecule is COc1ccc(-c2ncoc2C)cc1OC. The molecule has 4 heteroatoms. The molecule has 2 aromatic rings. The van der Waals surface area contributed by atoms with Crippen LogP contribution in [0.5, 0.6) is 11.5 Å². The van der Waals surface area contributed by atoms with E-state index in [1.54, 1.807) is 14.2 Å². The van der Waals surface area contributed by atoms with Gasteiger partial charge in [-0.2, -0.15) is 0 Å². The van der Waals surface area contributed by atoms with E-state index in [4.69, 9.17) is 13.9 Å². The summed E-state index contributed by atoms with van der Waals surface area (Å²) in [5, 5.41) is 0. The molecule has 4 nitrogen and oxygen atoms in total. The Kier molecular flexibility index (Phi) is 2.81. The van der Waals surface area contributed by atoms with Crippen molar-refractivity contribution in [3.05, 3.63) is 30.4 Å². The van der Waals surface area contributed by atoms with Crippen LogP contribution in [0, 0.1) is 6.92 Å². The largest absolute Gasteiger partial charge is 0.493 e. The van der Waals surface area contributed by atoms with Crippen molar-refractivity contribution in [2.75, 3.05) is 14.2 Å². The number of benzene rings is 1. The van der Waals surface area contributed by atoms with Gasteiger partial charge < -0.3 is 13.9 Å². The van der Waals surface area contributed by atoms with E-state index in [0.29, 0.717) is 11.5 Å². The molecule has 0 saturated heterocycles. The van der Waals surface area contributed by atoms with Crippen LogP contribution in [0.15, 0.2) is 29.0 Å². The third-order valence-electron chi connectivity index (χ3n) is 2.40. The smallest absolute Gasteiger partial charge is 0.181 e. The number of nitrogens with zero attached hydrogens (tertiary/aromatic N) is 1. The Morgan fingerprint density at radius 1 is 1.12 bits per heavy atom. The summed E-state index contributed by atoms with van der Waals surface area (Å²) in [7, 11) is 3.22. The van der Waals surface area contributed by atoms with Crippen LogP contribution in [0.3, 0.4) is 0 Å². The molecule has 0 amide bonds. The number of rotatable bonds is 3. The van der Waals surface area contributed by atoms with Crippen LogP contribution in [0.25, 0.3) is 11.3 Å². The van der Waals surface area contributed by atoms with Crippen molar-refractivity contribution in [2.45, 2.75) is 6.92 Å². The molecule has 0 aliphatic rings. The minimum absolute atomic E-state index is 0.683. The molecule has 1 aromatic carbocycles. The van der Waals surface area contributed by atoms with Crippen LogP contribution in [-0.2, 0) is 0 Å². The predicted octanol–water partition coefficient (Wildman–Crippen LogP) is 2.67. The molecule has 0 bridgehead atoms. The topological polar surface area (TPSA) is 44.5 Å². The van der Waals surface area contributed by atoms with Gasteiger partial charge in [0.2, 0.25) is 0 Å². The molecule has 0 radical (unpaired) electrons. The molecule has 0 atom stereocenters. The average molecular weight is 219 g/mol. The van der Waals surface area contributed by atoms with Gasteiger partial charge in [-0.15, -0.1) is 0 Å². The lowest BCUT2D eigenvalue weighted by Crippen LogP contribution is -1.91. The van der Waals surface area contributed by atoms with E-state index in [0.717, 1.165) is 17.0 Å². The molecular formula is C12H13NO3. The molecule has 16 heavy (non-hydrogen) atoms. The molecule has 0 unspecified atom stereocenters. The van der Waals surface area contributed by atoms with Crippen molar-refractivity contribution < 1.29 is 13.9 Å². The molecule has 1 aromatic heterocycles. The Labute approximate surface area is 93.8 Å². The lowest BCUT2D eigenvalue weighted by molar-refractivity contribution is 0.355. The van der Waals surface area contributed by atoms with Gasteiger partial charge in [-0.05, 0) is 25.1 Å². The van der Waals surface area contributed by atoms with Gasteiger partial charge in [0.15, 0.2) is 17.9 Å². The van der Waals surface area contributed by atoms with E-state index in [1.165, 1.54) is 6.39 Å². The summed E-state index contributed by atoms with van der Waals surface area (Å²) in [5.41, 5.74) is 1.77. The van der Waals surface area contributed by atoms with Gasteiger partial charge in [-0.1, -0.05) is 0 Å². The number of aromatic nitrogens is 1. The molecule has 0 aliphatic heterocycles. The van der Waals surface area contributed by atoms with Crippen LogP contribution in [0.2, 0.25) is 0 Å². The molecule has 84 valence electrons. The molecule has 1 heterocycles. The number of ether oxygens (including phenoxy) is 2. The van der Waals surface area contributed by atoms with Crippen molar-refractivity contribution >= 4 is 0 Å². The summed E-state index contributed by atoms with van der Waals surface area (Å²) in [5.74, 6) is 2.17. The number of methoxy groups -OCH3 is 2. The maximum absolute atomic E-state index is 5.23. The first kappa shape index (κ1) is 10.5. The zero-order valence-corrected chi connectivity index (χ0v) is 9.48. The summed E-state index contributed by atoms with van der Waals surface area (Å²) in [4.78, 5) is 4.15. The lowest BCUT2D eigenvalue weighted by Gasteiger charge is -2.08. The van der Waals surface area contributed by atoms with Crippen molar-refractivity contribution in [3.63, 3.8) is 0 Å². The Bertz CT molecular complexity index is 491. The fourth-order valence-corrected chi connectivity index (χ4v) is 1.57. The standard InChI is InChI=1S/C12H13NO3/c1-8-12(13-7-16-8)9-4-5-10(14-2)11(6-9)15-3/h4-7H,1-3H3. The van der Waals surface area contributed by atoms with E-state index in [2.05, 4.69) is 4.98 Å². The average Bonchev–Trinajstić information content (AvgIpc) is 2.74. The van der Waals surface area contributed by atoms with E-state index in [-0.39, 0.29) is 0 Å². The highest BCUT2D eigenvalue weighted by Gasteiger charge is 2.10. The highest BCUT2D eigenvalue weighted by atomic mass is 16.5. The fraction of sp³-hybridized carbons (Fsp3) is 0.250. The second kappa shape index (κ2) is 4.26. The van der Waals surface area contributed by atoms with Crippen molar-refractivity contribution in [3.8, 4) is 22.8 Å². The monoisotopic (exact) mass is 219 g/mol. The second-order valence-electron chi connectivity index (χ2n) is 3.33. The fourth-order valence-electron chi connectivity index (χ4n) is 1.57. The van der Waals surface area contributed by atoms with Gasteiger partial charge in [-0.25, -0.2) is 4.98 Å². The van der Waals surface area contributed by atoms with Crippen LogP contribution in [0.1, 0.15) is 5.76 Å². The molecule has 0 aliphatic carbocycles. The van der Waals surface area contributed by atoms with Crippen molar-refractivity contribution in [2.24, 2.45) is 0 Å². The number of hydrogen-bond donors (Lipinski definition) is 0. The Morgan fingerprint density at radius 3 is 2.44 bits per heavy atom. The van der Waals surface area contributed by atoms with Gasteiger partial charge in [-0.3, -0.25) is 0 Å². The molecule has 0 saturated carbocycles. The zero-order chi connectivity index (χ0) is 11.5. The van der Waals surface area contributed by atoms with Crippen molar-refractivity contribution in [1.29, 1.82) is 0 Å². The van der Waals surface area contributed by atoms with E-state index >= 15 is 0 Å². The number of hydrogen-bond acceptors (Lipinski definition) is 4. The minimum atomic E-state index is 0.683. The van der Waals surface area contributed by atoms with Crippen LogP contribution < -0.4 is 9.47 Å². The number of aryl methyl sites for hydroxylation is 1. The van der Waals surface area contributed by atoms with Crippen LogP contribution in [0.4, 0.5) is 0 Å². The number of oxazole rings is 1. The molecule has 0 N–H and O–H groups in total. The molecular weight excluding hydrogens is 206 g/mol. The zero-order valence-electron chi connectivity index (χ0n) is 9.48. The first-order valence-electron chi connectivity index (χ1n) is 4.88. The third kappa shape index (κ3) is 1.74. The Morgan fingerprint density at radius 2 is 1.88 bits per heavy atom. The Hall–Kier alpha value is -1.97. The van der Waals surface area contributed by atoms with Gasteiger partial charge in [0.1, 0.15) is 11.5 Å². The van der Waals surface area contributed by atoms with Gasteiger partial charge in [0.05, 0.1) is 14.2 Å². The highest BCUT2D eigenvalue weighted by molar-refractivity contribution is 5.65. The maximum atomic E-state index is 5.23. The van der Waals surface area contributed by atoms with E-state index < -0.39 is 0 Å². The molecule has 0 spiro atoms. The van der Waals surface area contributed by atoms with Crippen LogP contribution in [-0.4, -0.2) is 19.2 Å². The first-order chi connectivity index (χ1) is 7.76. The van der Waals surface area contributed by atoms with E-state index in [9.17, 15) is 0 Å².